The van der Waals surface area contributed by atoms with Crippen molar-refractivity contribution >= 4 is 10.1 Å². The summed E-state index contributed by atoms with van der Waals surface area (Å²) in [6.45, 7) is 2.18. The second-order valence-electron chi connectivity index (χ2n) is 7.81. The van der Waals surface area contributed by atoms with Crippen molar-refractivity contribution < 1.29 is 27.6 Å². The van der Waals surface area contributed by atoms with Crippen molar-refractivity contribution in [1.29, 1.82) is 0 Å². The molecule has 0 radical (unpaired) electrons. The summed E-state index contributed by atoms with van der Waals surface area (Å²) in [4.78, 5) is 0. The van der Waals surface area contributed by atoms with Gasteiger partial charge in [-0.05, 0) is 19.3 Å². The molecule has 0 saturated carbocycles. The van der Waals surface area contributed by atoms with E-state index in [2.05, 4.69) is 6.92 Å². The van der Waals surface area contributed by atoms with Crippen LogP contribution in [0.2, 0.25) is 0 Å². The van der Waals surface area contributed by atoms with Crippen LogP contribution in [0.1, 0.15) is 90.4 Å². The average Bonchev–Trinajstić information content (AvgIpc) is 3.47. The minimum Gasteiger partial charge on any atom is -0.368 e. The zero-order chi connectivity index (χ0) is 19.0. The molecule has 0 aromatic rings. The number of epoxide rings is 2. The van der Waals surface area contributed by atoms with Gasteiger partial charge >= 0.3 is 0 Å². The Morgan fingerprint density at radius 2 is 1.38 bits per heavy atom. The molecule has 5 atom stereocenters. The molecular weight excluding hydrogens is 356 g/mol. The molecule has 0 aromatic carbocycles. The van der Waals surface area contributed by atoms with E-state index in [1.54, 1.807) is 0 Å². The Morgan fingerprint density at radius 1 is 0.846 bits per heavy atom. The van der Waals surface area contributed by atoms with Crippen molar-refractivity contribution in [3.05, 3.63) is 0 Å². The third-order valence-electron chi connectivity index (χ3n) is 5.50. The molecule has 0 aromatic heterocycles. The first-order valence-corrected chi connectivity index (χ1v) is 11.9. The lowest BCUT2D eigenvalue weighted by Crippen LogP contribution is -2.27. The summed E-state index contributed by atoms with van der Waals surface area (Å²) in [6.07, 6.45) is 12.2. The van der Waals surface area contributed by atoms with Gasteiger partial charge in [0.15, 0.2) is 6.29 Å². The third-order valence-corrected chi connectivity index (χ3v) is 6.77. The molecule has 154 valence electrons. The highest BCUT2D eigenvalue weighted by Crippen LogP contribution is 2.35. The Hall–Kier alpha value is -0.210. The number of aliphatic hydroxyl groups is 1. The molecule has 5 unspecified atom stereocenters. The van der Waals surface area contributed by atoms with Crippen LogP contribution in [0.5, 0.6) is 0 Å². The fraction of sp³-hybridized carbons (Fsp3) is 1.00. The lowest BCUT2D eigenvalue weighted by molar-refractivity contribution is 0.156. The van der Waals surface area contributed by atoms with Crippen LogP contribution in [0.4, 0.5) is 0 Å². The summed E-state index contributed by atoms with van der Waals surface area (Å²) < 4.78 is 43.4. The van der Waals surface area contributed by atoms with E-state index < -0.39 is 21.7 Å². The van der Waals surface area contributed by atoms with Gasteiger partial charge in [0.25, 0.3) is 10.1 Å². The predicted molar refractivity (Wildman–Crippen MR) is 101 cm³/mol. The predicted octanol–water partition coefficient (Wildman–Crippen LogP) is 3.82. The first-order valence-electron chi connectivity index (χ1n) is 10.4. The van der Waals surface area contributed by atoms with Crippen molar-refractivity contribution in [3.63, 3.8) is 0 Å². The Bertz CT molecular complexity index is 494. The lowest BCUT2D eigenvalue weighted by Gasteiger charge is -2.11. The highest BCUT2D eigenvalue weighted by Gasteiger charge is 2.49. The smallest absolute Gasteiger partial charge is 0.270 e. The molecule has 2 aliphatic heterocycles. The van der Waals surface area contributed by atoms with Crippen molar-refractivity contribution in [3.8, 4) is 0 Å². The summed E-state index contributed by atoms with van der Waals surface area (Å²) in [5, 5.41) is 8.30. The molecule has 2 rings (SSSR count). The molecule has 2 fully saturated rings. The zero-order valence-corrected chi connectivity index (χ0v) is 16.8. The van der Waals surface area contributed by atoms with Crippen molar-refractivity contribution in [2.75, 3.05) is 0 Å². The molecule has 7 heteroatoms. The second-order valence-corrected chi connectivity index (χ2v) is 9.44. The maximum Gasteiger partial charge on any atom is 0.270 e. The van der Waals surface area contributed by atoms with Gasteiger partial charge in [0.2, 0.25) is 0 Å². The van der Waals surface area contributed by atoms with E-state index >= 15 is 0 Å². The minimum atomic E-state index is -4.05. The fourth-order valence-electron chi connectivity index (χ4n) is 3.71. The quantitative estimate of drug-likeness (QED) is 0.235. The number of rotatable bonds is 16. The highest BCUT2D eigenvalue weighted by molar-refractivity contribution is 7.86. The zero-order valence-electron chi connectivity index (χ0n) is 16.0. The van der Waals surface area contributed by atoms with E-state index in [0.717, 1.165) is 51.4 Å². The van der Waals surface area contributed by atoms with Gasteiger partial charge in [0, 0.05) is 0 Å². The molecule has 0 amide bonds. The Morgan fingerprint density at radius 3 is 1.96 bits per heavy atom. The van der Waals surface area contributed by atoms with Gasteiger partial charge < -0.3 is 14.6 Å². The first-order chi connectivity index (χ1) is 12.4. The Kier molecular flexibility index (Phi) is 9.30. The molecule has 6 nitrogen and oxygen atoms in total. The SMILES string of the molecule is CCCCCCCC1OC1C(CCCCCCCC1OC1O)S(=O)(=O)O. The van der Waals surface area contributed by atoms with Crippen LogP contribution in [0.15, 0.2) is 0 Å². The molecule has 0 spiro atoms. The molecule has 0 bridgehead atoms. The van der Waals surface area contributed by atoms with Gasteiger partial charge in [-0.25, -0.2) is 0 Å². The lowest BCUT2D eigenvalue weighted by atomic mass is 10.0. The maximum absolute atomic E-state index is 11.7. The number of hydrogen-bond donors (Lipinski definition) is 2. The summed E-state index contributed by atoms with van der Waals surface area (Å²) in [7, 11) is -4.05. The van der Waals surface area contributed by atoms with E-state index in [1.165, 1.54) is 25.7 Å². The van der Waals surface area contributed by atoms with Crippen LogP contribution in [0.25, 0.3) is 0 Å². The molecule has 2 saturated heterocycles. The molecular formula is C19H36O6S. The Labute approximate surface area is 158 Å². The normalized spacial score (nSPS) is 28.9. The second kappa shape index (κ2) is 11.0. The standard InChI is InChI=1S/C19H36O6S/c1-2-3-4-6-9-12-15-18(24-15)17(26(21,22)23)14-11-8-5-7-10-13-16-19(20)25-16/h15-20H,2-14H2,1H3,(H,21,22,23). The topological polar surface area (TPSA) is 99.7 Å². The molecule has 2 heterocycles. The largest absolute Gasteiger partial charge is 0.368 e. The first kappa shape index (κ1) is 22.1. The highest BCUT2D eigenvalue weighted by atomic mass is 32.2. The molecule has 2 aliphatic rings. The number of ether oxygens (including phenoxy) is 2. The van der Waals surface area contributed by atoms with Crippen LogP contribution in [-0.4, -0.2) is 47.9 Å². The van der Waals surface area contributed by atoms with Crippen LogP contribution in [0.3, 0.4) is 0 Å². The van der Waals surface area contributed by atoms with Gasteiger partial charge in [-0.2, -0.15) is 8.42 Å². The fourth-order valence-corrected chi connectivity index (χ4v) is 4.76. The molecule has 2 N–H and O–H groups in total. The van der Waals surface area contributed by atoms with E-state index in [0.29, 0.717) is 6.42 Å². The van der Waals surface area contributed by atoms with E-state index in [-0.39, 0.29) is 18.3 Å². The summed E-state index contributed by atoms with van der Waals surface area (Å²) in [5.41, 5.74) is 0. The molecule has 0 aliphatic carbocycles. The van der Waals surface area contributed by atoms with Gasteiger partial charge in [-0.3, -0.25) is 4.55 Å². The van der Waals surface area contributed by atoms with Crippen molar-refractivity contribution in [2.45, 2.75) is 120 Å². The van der Waals surface area contributed by atoms with E-state index in [1.807, 2.05) is 0 Å². The van der Waals surface area contributed by atoms with E-state index in [4.69, 9.17) is 14.6 Å². The maximum atomic E-state index is 11.7. The minimum absolute atomic E-state index is 0.00789. The van der Waals surface area contributed by atoms with Crippen molar-refractivity contribution in [2.24, 2.45) is 0 Å². The van der Waals surface area contributed by atoms with Gasteiger partial charge in [-0.1, -0.05) is 71.1 Å². The van der Waals surface area contributed by atoms with Crippen molar-refractivity contribution in [1.82, 2.24) is 0 Å². The van der Waals surface area contributed by atoms with Crippen LogP contribution in [0, 0.1) is 0 Å². The van der Waals surface area contributed by atoms with Crippen LogP contribution in [-0.2, 0) is 19.6 Å². The Balaban J connectivity index is 1.55. The van der Waals surface area contributed by atoms with Gasteiger partial charge in [0.1, 0.15) is 17.5 Å². The van der Waals surface area contributed by atoms with Crippen LogP contribution < -0.4 is 0 Å². The monoisotopic (exact) mass is 392 g/mol. The number of hydrogen-bond acceptors (Lipinski definition) is 5. The average molecular weight is 393 g/mol. The van der Waals surface area contributed by atoms with Gasteiger partial charge in [-0.15, -0.1) is 0 Å². The van der Waals surface area contributed by atoms with E-state index in [9.17, 15) is 13.0 Å². The summed E-state index contributed by atoms with van der Waals surface area (Å²) >= 11 is 0. The van der Waals surface area contributed by atoms with Crippen LogP contribution >= 0.6 is 0 Å². The summed E-state index contributed by atoms with van der Waals surface area (Å²) in [5.74, 6) is 0. The summed E-state index contributed by atoms with van der Waals surface area (Å²) in [6, 6.07) is 0. The third kappa shape index (κ3) is 8.21. The molecule has 26 heavy (non-hydrogen) atoms. The number of aliphatic hydroxyl groups excluding tert-OH is 1. The van der Waals surface area contributed by atoms with Gasteiger partial charge in [0.05, 0.1) is 6.10 Å². The number of unbranched alkanes of at least 4 members (excludes halogenated alkanes) is 8.